The van der Waals surface area contributed by atoms with E-state index in [1.807, 2.05) is 0 Å². The van der Waals surface area contributed by atoms with Crippen molar-refractivity contribution in [3.8, 4) is 0 Å². The number of carbonyl (C=O) groups excluding carboxylic acids is 2. The molecule has 0 bridgehead atoms. The van der Waals surface area contributed by atoms with Gasteiger partial charge in [-0.1, -0.05) is 0 Å². The molecule has 0 aliphatic carbocycles. The number of hydrogen-bond donors (Lipinski definition) is 8. The Bertz CT molecular complexity index is 612. The average Bonchev–Trinajstić information content (AvgIpc) is 2.53. The first-order valence-electron chi connectivity index (χ1n) is 7.10. The molecule has 0 heterocycles. The van der Waals surface area contributed by atoms with Gasteiger partial charge in [0.15, 0.2) is 0 Å². The van der Waals surface area contributed by atoms with Crippen LogP contribution in [0.2, 0.25) is 0 Å². The van der Waals surface area contributed by atoms with E-state index >= 15 is 0 Å². The molecule has 0 aliphatic heterocycles. The van der Waals surface area contributed by atoms with Crippen molar-refractivity contribution in [3.63, 3.8) is 0 Å². The summed E-state index contributed by atoms with van der Waals surface area (Å²) in [6, 6.07) is -2.33. The Morgan fingerprint density at radius 3 is 0.781 bits per heavy atom. The van der Waals surface area contributed by atoms with Gasteiger partial charge in [-0.25, -0.2) is 9.59 Å². The van der Waals surface area contributed by atoms with E-state index in [4.69, 9.17) is 41.5 Å². The Labute approximate surface area is 172 Å². The first-order chi connectivity index (χ1) is 14.0. The number of carboxylic acid groups (broad SMARTS) is 4. The van der Waals surface area contributed by atoms with Crippen molar-refractivity contribution < 1.29 is 75.5 Å². The van der Waals surface area contributed by atoms with Crippen LogP contribution in [0.15, 0.2) is 0 Å². The number of rotatable bonds is 6. The van der Waals surface area contributed by atoms with Crippen LogP contribution in [0.5, 0.6) is 0 Å². The number of primary amides is 2. The Balaban J connectivity index is -0.000000165. The third kappa shape index (κ3) is 28.5. The Morgan fingerprint density at radius 2 is 0.750 bits per heavy atom. The summed E-state index contributed by atoms with van der Waals surface area (Å²) in [6.45, 7) is 0. The second kappa shape index (κ2) is 16.1. The van der Waals surface area contributed by atoms with Gasteiger partial charge in [-0.3, -0.25) is 19.2 Å². The molecule has 0 saturated heterocycles. The highest BCUT2D eigenvalue weighted by atomic mass is 19.4. The van der Waals surface area contributed by atoms with Crippen LogP contribution in [0.25, 0.3) is 0 Å². The summed E-state index contributed by atoms with van der Waals surface area (Å²) < 4.78 is 63.5. The minimum absolute atomic E-state index is 0.310. The van der Waals surface area contributed by atoms with Gasteiger partial charge < -0.3 is 43.4 Å². The zero-order chi connectivity index (χ0) is 27.0. The highest BCUT2D eigenvalue weighted by Gasteiger charge is 2.38. The highest BCUT2D eigenvalue weighted by molar-refractivity contribution is 5.83. The predicted molar refractivity (Wildman–Crippen MR) is 86.2 cm³/mol. The van der Waals surface area contributed by atoms with Crippen LogP contribution in [0.3, 0.4) is 0 Å². The van der Waals surface area contributed by atoms with Gasteiger partial charge in [-0.05, 0) is 0 Å². The summed E-state index contributed by atoms with van der Waals surface area (Å²) in [5.74, 6) is -9.35. The predicted octanol–water partition coefficient (Wildman–Crippen LogP) is -2.19. The van der Waals surface area contributed by atoms with Gasteiger partial charge in [0.25, 0.3) is 0 Å². The van der Waals surface area contributed by atoms with E-state index in [1.54, 1.807) is 0 Å². The standard InChI is InChI=1S/2C4H8N2O3.2C2HF3O2/c2*5-2(4(8)9)1-3(6)7;2*3-2(4,5)1(6)7/h2*2H,1,5H2,(H2,6,7)(H,8,9);2*(H,6,7)/t2*2-;;/m00../s1. The molecule has 0 aromatic rings. The minimum atomic E-state index is -5.08. The maximum absolute atomic E-state index is 10.6. The van der Waals surface area contributed by atoms with Crippen molar-refractivity contribution in [1.29, 1.82) is 0 Å². The molecule has 32 heavy (non-hydrogen) atoms. The molecule has 0 rings (SSSR count). The van der Waals surface area contributed by atoms with Crippen LogP contribution in [0.1, 0.15) is 12.8 Å². The largest absolute Gasteiger partial charge is 0.490 e. The van der Waals surface area contributed by atoms with Gasteiger partial charge in [0.1, 0.15) is 12.1 Å². The number of alkyl halides is 6. The van der Waals surface area contributed by atoms with Gasteiger partial charge in [-0.15, -0.1) is 0 Å². The number of nitrogens with two attached hydrogens (primary N) is 4. The Morgan fingerprint density at radius 1 is 0.594 bits per heavy atom. The molecule has 2 amide bonds. The van der Waals surface area contributed by atoms with E-state index in [1.165, 1.54) is 0 Å². The average molecular weight is 492 g/mol. The lowest BCUT2D eigenvalue weighted by atomic mass is 10.2. The molecule has 20 heteroatoms. The van der Waals surface area contributed by atoms with E-state index in [0.29, 0.717) is 0 Å². The summed E-state index contributed by atoms with van der Waals surface area (Å²) in [5, 5.41) is 30.4. The molecule has 0 aromatic heterocycles. The second-order valence-electron chi connectivity index (χ2n) is 4.84. The van der Waals surface area contributed by atoms with Crippen molar-refractivity contribution in [3.05, 3.63) is 0 Å². The second-order valence-corrected chi connectivity index (χ2v) is 4.84. The van der Waals surface area contributed by atoms with E-state index in [2.05, 4.69) is 11.5 Å². The third-order valence-electron chi connectivity index (χ3n) is 1.96. The molecule has 0 radical (unpaired) electrons. The highest BCUT2D eigenvalue weighted by Crippen LogP contribution is 2.13. The molecule has 14 nitrogen and oxygen atoms in total. The van der Waals surface area contributed by atoms with Crippen LogP contribution < -0.4 is 22.9 Å². The van der Waals surface area contributed by atoms with Crippen molar-refractivity contribution in [2.75, 3.05) is 0 Å². The van der Waals surface area contributed by atoms with Gasteiger partial charge >= 0.3 is 36.2 Å². The molecule has 188 valence electrons. The van der Waals surface area contributed by atoms with Gasteiger partial charge in [-0.2, -0.15) is 26.3 Å². The minimum Gasteiger partial charge on any atom is -0.480 e. The maximum atomic E-state index is 10.6. The van der Waals surface area contributed by atoms with Gasteiger partial charge in [0, 0.05) is 0 Å². The SMILES string of the molecule is NC(=O)C[C@H](N)C(=O)O.NC(=O)C[C@H](N)C(=O)O.O=C(O)C(F)(F)F.O=C(O)C(F)(F)F. The van der Waals surface area contributed by atoms with E-state index < -0.39 is 60.1 Å². The normalized spacial score (nSPS) is 12.0. The molecular formula is C12H18F6N4O10. The van der Waals surface area contributed by atoms with Crippen LogP contribution in [0, 0.1) is 0 Å². The van der Waals surface area contributed by atoms with Crippen molar-refractivity contribution in [2.24, 2.45) is 22.9 Å². The lowest BCUT2D eigenvalue weighted by Crippen LogP contribution is -2.34. The van der Waals surface area contributed by atoms with Crippen LogP contribution in [-0.4, -0.2) is 80.6 Å². The number of carbonyl (C=O) groups is 6. The molecule has 0 spiro atoms. The quantitative estimate of drug-likeness (QED) is 0.184. The number of aliphatic carboxylic acids is 4. The lowest BCUT2D eigenvalue weighted by Gasteiger charge is -1.99. The van der Waals surface area contributed by atoms with Gasteiger partial charge in [0.05, 0.1) is 12.8 Å². The Hall–Kier alpha value is -3.68. The molecule has 0 saturated carbocycles. The summed E-state index contributed by atoms with van der Waals surface area (Å²) in [5.41, 5.74) is 19.1. The summed E-state index contributed by atoms with van der Waals surface area (Å²) in [6.07, 6.45) is -10.8. The van der Waals surface area contributed by atoms with Crippen LogP contribution >= 0.6 is 0 Å². The van der Waals surface area contributed by atoms with E-state index in [-0.39, 0.29) is 12.8 Å². The lowest BCUT2D eigenvalue weighted by molar-refractivity contribution is -0.193. The van der Waals surface area contributed by atoms with Crippen LogP contribution in [-0.2, 0) is 28.8 Å². The molecule has 0 aromatic carbocycles. The van der Waals surface area contributed by atoms with Crippen molar-refractivity contribution >= 4 is 35.7 Å². The topological polar surface area (TPSA) is 287 Å². The monoisotopic (exact) mass is 492 g/mol. The zero-order valence-corrected chi connectivity index (χ0v) is 15.4. The Kier molecular flexibility index (Phi) is 17.9. The van der Waals surface area contributed by atoms with Gasteiger partial charge in [0.2, 0.25) is 11.8 Å². The van der Waals surface area contributed by atoms with E-state index in [9.17, 15) is 45.5 Å². The smallest absolute Gasteiger partial charge is 0.480 e. The third-order valence-corrected chi connectivity index (χ3v) is 1.96. The van der Waals surface area contributed by atoms with E-state index in [0.717, 1.165) is 0 Å². The first-order valence-corrected chi connectivity index (χ1v) is 7.10. The number of amides is 2. The summed E-state index contributed by atoms with van der Waals surface area (Å²) >= 11 is 0. The maximum Gasteiger partial charge on any atom is 0.490 e. The first kappa shape index (κ1) is 35.7. The van der Waals surface area contributed by atoms with Crippen molar-refractivity contribution in [1.82, 2.24) is 0 Å². The van der Waals surface area contributed by atoms with Crippen LogP contribution in [0.4, 0.5) is 26.3 Å². The molecule has 0 aliphatic rings. The molecule has 2 atom stereocenters. The molecular weight excluding hydrogens is 474 g/mol. The number of carboxylic acids is 4. The number of halogens is 6. The molecule has 12 N–H and O–H groups in total. The molecule has 0 unspecified atom stereocenters. The fourth-order valence-corrected chi connectivity index (χ4v) is 0.608. The number of hydrogen-bond acceptors (Lipinski definition) is 8. The summed E-state index contributed by atoms with van der Waals surface area (Å²) in [4.78, 5) is 57.6. The van der Waals surface area contributed by atoms with Crippen molar-refractivity contribution in [2.45, 2.75) is 37.3 Å². The summed E-state index contributed by atoms with van der Waals surface area (Å²) in [7, 11) is 0. The molecule has 0 fully saturated rings. The zero-order valence-electron chi connectivity index (χ0n) is 15.4. The fourth-order valence-electron chi connectivity index (χ4n) is 0.608. The fraction of sp³-hybridized carbons (Fsp3) is 0.500.